The van der Waals surface area contributed by atoms with E-state index in [4.69, 9.17) is 11.6 Å². The summed E-state index contributed by atoms with van der Waals surface area (Å²) in [7, 11) is 2.00. The number of fused-ring (bicyclic) bond motifs is 1. The molecule has 0 aliphatic carbocycles. The summed E-state index contributed by atoms with van der Waals surface area (Å²) in [6.07, 6.45) is 0.964. The molecule has 0 aliphatic rings. The van der Waals surface area contributed by atoms with Crippen LogP contribution in [0, 0.1) is 6.92 Å². The Kier molecular flexibility index (Phi) is 4.64. The average molecular weight is 333 g/mol. The highest BCUT2D eigenvalue weighted by atomic mass is 35.5. The van der Waals surface area contributed by atoms with Crippen molar-refractivity contribution in [1.29, 1.82) is 0 Å². The molecule has 0 bridgehead atoms. The van der Waals surface area contributed by atoms with Crippen molar-refractivity contribution in [2.24, 2.45) is 7.05 Å². The van der Waals surface area contributed by atoms with E-state index in [0.717, 1.165) is 45.3 Å². The van der Waals surface area contributed by atoms with Crippen molar-refractivity contribution in [2.45, 2.75) is 18.5 Å². The van der Waals surface area contributed by atoms with Crippen LogP contribution in [0.15, 0.2) is 35.5 Å². The van der Waals surface area contributed by atoms with E-state index >= 15 is 0 Å². The monoisotopic (exact) mass is 332 g/mol. The quantitative estimate of drug-likeness (QED) is 0.401. The van der Waals surface area contributed by atoms with Gasteiger partial charge in [-0.25, -0.2) is 0 Å². The second kappa shape index (κ2) is 6.67. The van der Waals surface area contributed by atoms with Gasteiger partial charge in [-0.2, -0.15) is 0 Å². The summed E-state index contributed by atoms with van der Waals surface area (Å²) in [5.74, 6) is 2.49. The maximum absolute atomic E-state index is 5.72. The topological polar surface area (TPSA) is 43.6 Å². The highest BCUT2D eigenvalue weighted by Gasteiger charge is 2.13. The van der Waals surface area contributed by atoms with Gasteiger partial charge in [-0.3, -0.25) is 4.98 Å². The van der Waals surface area contributed by atoms with Crippen molar-refractivity contribution in [3.63, 3.8) is 0 Å². The van der Waals surface area contributed by atoms with Gasteiger partial charge in [0.25, 0.3) is 0 Å². The van der Waals surface area contributed by atoms with E-state index in [-0.39, 0.29) is 0 Å². The van der Waals surface area contributed by atoms with Gasteiger partial charge >= 0.3 is 0 Å². The maximum Gasteiger partial charge on any atom is 0.191 e. The third kappa shape index (κ3) is 2.96. The van der Waals surface area contributed by atoms with Crippen LogP contribution in [-0.2, 0) is 7.05 Å². The van der Waals surface area contributed by atoms with Crippen LogP contribution in [0.1, 0.15) is 12.1 Å². The Balaban J connectivity index is 2.01. The van der Waals surface area contributed by atoms with Crippen LogP contribution in [0.2, 0.25) is 0 Å². The Morgan fingerprint density at radius 1 is 1.18 bits per heavy atom. The van der Waals surface area contributed by atoms with Gasteiger partial charge < -0.3 is 4.57 Å². The summed E-state index contributed by atoms with van der Waals surface area (Å²) < 4.78 is 2.04. The van der Waals surface area contributed by atoms with E-state index in [9.17, 15) is 0 Å². The van der Waals surface area contributed by atoms with Crippen molar-refractivity contribution >= 4 is 34.3 Å². The lowest BCUT2D eigenvalue weighted by Gasteiger charge is -2.07. The molecule has 22 heavy (non-hydrogen) atoms. The molecule has 3 rings (SSSR count). The zero-order valence-electron chi connectivity index (χ0n) is 12.6. The Morgan fingerprint density at radius 2 is 2.05 bits per heavy atom. The van der Waals surface area contributed by atoms with E-state index in [0.29, 0.717) is 5.88 Å². The zero-order valence-corrected chi connectivity index (χ0v) is 14.2. The molecular formula is C16H17ClN4S. The SMILES string of the molecule is Cc1ccc2c(-c3nnc(SCCCCl)n3C)cccc2n1. The van der Waals surface area contributed by atoms with Gasteiger partial charge in [-0.05, 0) is 25.5 Å². The number of nitrogens with zero attached hydrogens (tertiary/aromatic N) is 4. The summed E-state index contributed by atoms with van der Waals surface area (Å²) >= 11 is 7.41. The highest BCUT2D eigenvalue weighted by molar-refractivity contribution is 7.99. The Hall–Kier alpha value is -1.59. The van der Waals surface area contributed by atoms with Crippen molar-refractivity contribution < 1.29 is 0 Å². The third-order valence-corrected chi connectivity index (χ3v) is 4.83. The molecule has 3 aromatic rings. The van der Waals surface area contributed by atoms with E-state index in [1.807, 2.05) is 36.7 Å². The van der Waals surface area contributed by atoms with Crippen molar-refractivity contribution in [1.82, 2.24) is 19.7 Å². The molecule has 4 nitrogen and oxygen atoms in total. The van der Waals surface area contributed by atoms with E-state index in [1.54, 1.807) is 11.8 Å². The maximum atomic E-state index is 5.72. The number of aromatic nitrogens is 4. The fraction of sp³-hybridized carbons (Fsp3) is 0.312. The van der Waals surface area contributed by atoms with Crippen LogP contribution in [-0.4, -0.2) is 31.4 Å². The largest absolute Gasteiger partial charge is 0.305 e. The van der Waals surface area contributed by atoms with E-state index in [1.165, 1.54) is 0 Å². The summed E-state index contributed by atoms with van der Waals surface area (Å²) in [5.41, 5.74) is 3.06. The number of benzene rings is 1. The molecule has 0 unspecified atom stereocenters. The van der Waals surface area contributed by atoms with Gasteiger partial charge in [-0.1, -0.05) is 30.0 Å². The van der Waals surface area contributed by atoms with Crippen LogP contribution in [0.25, 0.3) is 22.3 Å². The lowest BCUT2D eigenvalue weighted by atomic mass is 10.1. The first-order valence-corrected chi connectivity index (χ1v) is 8.67. The van der Waals surface area contributed by atoms with Gasteiger partial charge in [0.2, 0.25) is 0 Å². The first-order valence-electron chi connectivity index (χ1n) is 7.15. The first-order chi connectivity index (χ1) is 10.7. The van der Waals surface area contributed by atoms with Crippen molar-refractivity contribution in [3.8, 4) is 11.4 Å². The fourth-order valence-corrected chi connectivity index (χ4v) is 3.49. The van der Waals surface area contributed by atoms with Gasteiger partial charge in [0.05, 0.1) is 5.52 Å². The molecule has 0 saturated carbocycles. The second-order valence-electron chi connectivity index (χ2n) is 5.08. The standard InChI is InChI=1S/C16H17ClN4S/c1-11-7-8-12-13(5-3-6-14(12)18-11)15-19-20-16(21(15)2)22-10-4-9-17/h3,5-8H,4,9-10H2,1-2H3. The second-order valence-corrected chi connectivity index (χ2v) is 6.52. The van der Waals surface area contributed by atoms with E-state index in [2.05, 4.69) is 27.3 Å². The Bertz CT molecular complexity index is 800. The van der Waals surface area contributed by atoms with Crippen molar-refractivity contribution in [2.75, 3.05) is 11.6 Å². The number of hydrogen-bond donors (Lipinski definition) is 0. The number of pyridine rings is 1. The molecule has 0 saturated heterocycles. The fourth-order valence-electron chi connectivity index (χ4n) is 2.34. The van der Waals surface area contributed by atoms with Crippen LogP contribution >= 0.6 is 23.4 Å². The molecule has 0 radical (unpaired) electrons. The van der Waals surface area contributed by atoms with E-state index < -0.39 is 0 Å². The zero-order chi connectivity index (χ0) is 15.5. The summed E-state index contributed by atoms with van der Waals surface area (Å²) in [6, 6.07) is 10.2. The van der Waals surface area contributed by atoms with Gasteiger partial charge in [0, 0.05) is 35.3 Å². The number of hydrogen-bond acceptors (Lipinski definition) is 4. The summed E-state index contributed by atoms with van der Waals surface area (Å²) in [4.78, 5) is 4.58. The lowest BCUT2D eigenvalue weighted by molar-refractivity contribution is 0.793. The molecular weight excluding hydrogens is 316 g/mol. The highest BCUT2D eigenvalue weighted by Crippen LogP contribution is 2.28. The number of thioether (sulfide) groups is 1. The molecule has 2 heterocycles. The van der Waals surface area contributed by atoms with Gasteiger partial charge in [0.1, 0.15) is 0 Å². The minimum atomic E-state index is 0.673. The van der Waals surface area contributed by atoms with Crippen LogP contribution < -0.4 is 0 Å². The Labute approximate surface area is 138 Å². The predicted molar refractivity (Wildman–Crippen MR) is 92.5 cm³/mol. The molecule has 114 valence electrons. The molecule has 6 heteroatoms. The molecule has 1 aromatic carbocycles. The Morgan fingerprint density at radius 3 is 2.86 bits per heavy atom. The summed E-state index contributed by atoms with van der Waals surface area (Å²) in [6.45, 7) is 2.00. The number of halogens is 1. The summed E-state index contributed by atoms with van der Waals surface area (Å²) in [5, 5.41) is 10.7. The first kappa shape index (κ1) is 15.3. The van der Waals surface area contributed by atoms with Crippen LogP contribution in [0.3, 0.4) is 0 Å². The van der Waals surface area contributed by atoms with Gasteiger partial charge in [-0.15, -0.1) is 21.8 Å². The molecule has 0 amide bonds. The lowest BCUT2D eigenvalue weighted by Crippen LogP contribution is -1.96. The smallest absolute Gasteiger partial charge is 0.191 e. The molecule has 2 aromatic heterocycles. The minimum Gasteiger partial charge on any atom is -0.305 e. The normalized spacial score (nSPS) is 11.2. The molecule has 0 fully saturated rings. The number of rotatable bonds is 5. The molecule has 0 aliphatic heterocycles. The number of alkyl halides is 1. The van der Waals surface area contributed by atoms with Gasteiger partial charge in [0.15, 0.2) is 11.0 Å². The average Bonchev–Trinajstić information content (AvgIpc) is 2.88. The van der Waals surface area contributed by atoms with Crippen LogP contribution in [0.5, 0.6) is 0 Å². The minimum absolute atomic E-state index is 0.673. The third-order valence-electron chi connectivity index (χ3n) is 3.46. The number of aryl methyl sites for hydroxylation is 1. The molecule has 0 spiro atoms. The molecule has 0 atom stereocenters. The predicted octanol–water partition coefficient (Wildman–Crippen LogP) is 4.06. The van der Waals surface area contributed by atoms with Crippen molar-refractivity contribution in [3.05, 3.63) is 36.0 Å². The van der Waals surface area contributed by atoms with Crippen LogP contribution in [0.4, 0.5) is 0 Å². The molecule has 0 N–H and O–H groups in total.